The lowest BCUT2D eigenvalue weighted by molar-refractivity contribution is 0.0748. The van der Waals surface area contributed by atoms with E-state index in [-0.39, 0.29) is 17.5 Å². The molecule has 1 atom stereocenters. The number of nitrogens with zero attached hydrogens (tertiary/aromatic N) is 1. The van der Waals surface area contributed by atoms with Gasteiger partial charge in [0.15, 0.2) is 11.6 Å². The molecule has 92 valence electrons. The van der Waals surface area contributed by atoms with Gasteiger partial charge < -0.3 is 4.90 Å². The molecule has 0 N–H and O–H groups in total. The molecule has 1 aliphatic rings. The van der Waals surface area contributed by atoms with Crippen LogP contribution in [-0.2, 0) is 0 Å². The highest BCUT2D eigenvalue weighted by Crippen LogP contribution is 2.21. The predicted octanol–water partition coefficient (Wildman–Crippen LogP) is 2.81. The van der Waals surface area contributed by atoms with E-state index in [2.05, 4.69) is 0 Å². The van der Waals surface area contributed by atoms with Crippen molar-refractivity contribution < 1.29 is 13.6 Å². The maximum atomic E-state index is 13.0. The van der Waals surface area contributed by atoms with Crippen molar-refractivity contribution in [2.75, 3.05) is 12.4 Å². The van der Waals surface area contributed by atoms with E-state index in [4.69, 9.17) is 11.6 Å². The summed E-state index contributed by atoms with van der Waals surface area (Å²) in [5.41, 5.74) is 0.168. The van der Waals surface area contributed by atoms with Gasteiger partial charge >= 0.3 is 0 Å². The fraction of sp³-hybridized carbons (Fsp3) is 0.417. The van der Waals surface area contributed by atoms with Crippen molar-refractivity contribution in [2.24, 2.45) is 0 Å². The van der Waals surface area contributed by atoms with Crippen LogP contribution in [0.25, 0.3) is 0 Å². The summed E-state index contributed by atoms with van der Waals surface area (Å²) in [6.07, 6.45) is 1.76. The first-order valence-electron chi connectivity index (χ1n) is 5.45. The van der Waals surface area contributed by atoms with Gasteiger partial charge in [-0.05, 0) is 31.0 Å². The van der Waals surface area contributed by atoms with Crippen molar-refractivity contribution in [3.05, 3.63) is 35.4 Å². The van der Waals surface area contributed by atoms with Gasteiger partial charge in [0.2, 0.25) is 0 Å². The Labute approximate surface area is 103 Å². The molecule has 0 radical (unpaired) electrons. The molecule has 1 amide bonds. The second kappa shape index (κ2) is 5.00. The van der Waals surface area contributed by atoms with Crippen molar-refractivity contribution >= 4 is 17.5 Å². The molecule has 1 heterocycles. The Morgan fingerprint density at radius 1 is 1.41 bits per heavy atom. The lowest BCUT2D eigenvalue weighted by Crippen LogP contribution is -2.36. The Morgan fingerprint density at radius 2 is 2.18 bits per heavy atom. The van der Waals surface area contributed by atoms with Crippen LogP contribution in [0.3, 0.4) is 0 Å². The zero-order valence-corrected chi connectivity index (χ0v) is 9.88. The number of likely N-dealkylation sites (tertiary alicyclic amines) is 1. The SMILES string of the molecule is O=C(c1ccc(F)c(F)c1)N1CCCC1CCl. The minimum Gasteiger partial charge on any atom is -0.334 e. The average molecular weight is 260 g/mol. The Hall–Kier alpha value is -1.16. The molecule has 2 nitrogen and oxygen atoms in total. The monoisotopic (exact) mass is 259 g/mol. The molecule has 1 aromatic rings. The van der Waals surface area contributed by atoms with Crippen LogP contribution < -0.4 is 0 Å². The maximum absolute atomic E-state index is 13.0. The number of carbonyl (C=O) groups excluding carboxylic acids is 1. The van der Waals surface area contributed by atoms with Gasteiger partial charge in [-0.25, -0.2) is 8.78 Å². The van der Waals surface area contributed by atoms with Crippen LogP contribution in [0.5, 0.6) is 0 Å². The zero-order valence-electron chi connectivity index (χ0n) is 9.13. The standard InChI is InChI=1S/C12H12ClF2NO/c13-7-9-2-1-5-16(9)12(17)8-3-4-10(14)11(15)6-8/h3-4,6,9H,1-2,5,7H2. The average Bonchev–Trinajstić information content (AvgIpc) is 2.80. The molecule has 5 heteroatoms. The van der Waals surface area contributed by atoms with E-state index in [0.717, 1.165) is 25.0 Å². The fourth-order valence-electron chi connectivity index (χ4n) is 2.06. The fourth-order valence-corrected chi connectivity index (χ4v) is 2.38. The van der Waals surface area contributed by atoms with Gasteiger partial charge in [0.05, 0.1) is 0 Å². The third-order valence-corrected chi connectivity index (χ3v) is 3.34. The Morgan fingerprint density at radius 3 is 2.82 bits per heavy atom. The van der Waals surface area contributed by atoms with Crippen molar-refractivity contribution in [2.45, 2.75) is 18.9 Å². The molecule has 0 aromatic heterocycles. The van der Waals surface area contributed by atoms with Gasteiger partial charge in [-0.3, -0.25) is 4.79 Å². The Kier molecular flexibility index (Phi) is 3.62. The number of benzene rings is 1. The van der Waals surface area contributed by atoms with E-state index in [1.54, 1.807) is 4.90 Å². The van der Waals surface area contributed by atoms with Crippen molar-refractivity contribution in [3.63, 3.8) is 0 Å². The van der Waals surface area contributed by atoms with E-state index in [1.165, 1.54) is 6.07 Å². The Balaban J connectivity index is 2.21. The minimum absolute atomic E-state index is 0.00252. The molecule has 17 heavy (non-hydrogen) atoms. The largest absolute Gasteiger partial charge is 0.334 e. The van der Waals surface area contributed by atoms with E-state index in [0.29, 0.717) is 12.4 Å². The van der Waals surface area contributed by atoms with E-state index < -0.39 is 11.6 Å². The van der Waals surface area contributed by atoms with Crippen molar-refractivity contribution in [3.8, 4) is 0 Å². The van der Waals surface area contributed by atoms with Gasteiger partial charge in [-0.15, -0.1) is 11.6 Å². The summed E-state index contributed by atoms with van der Waals surface area (Å²) in [5, 5.41) is 0. The third-order valence-electron chi connectivity index (χ3n) is 2.98. The number of amides is 1. The first kappa shape index (κ1) is 12.3. The molecule has 0 bridgehead atoms. The third kappa shape index (κ3) is 2.41. The van der Waals surface area contributed by atoms with E-state index in [1.807, 2.05) is 0 Å². The minimum atomic E-state index is -1.00. The number of halogens is 3. The van der Waals surface area contributed by atoms with Crippen LogP contribution in [0.4, 0.5) is 8.78 Å². The molecular formula is C12H12ClF2NO. The summed E-state index contributed by atoms with van der Waals surface area (Å²) in [6, 6.07) is 3.19. The highest BCUT2D eigenvalue weighted by Gasteiger charge is 2.28. The highest BCUT2D eigenvalue weighted by molar-refractivity contribution is 6.18. The van der Waals surface area contributed by atoms with Gasteiger partial charge in [0.25, 0.3) is 5.91 Å². The smallest absolute Gasteiger partial charge is 0.254 e. The number of hydrogen-bond donors (Lipinski definition) is 0. The maximum Gasteiger partial charge on any atom is 0.254 e. The van der Waals surface area contributed by atoms with Gasteiger partial charge in [0.1, 0.15) is 0 Å². The molecule has 1 saturated heterocycles. The molecule has 1 aliphatic heterocycles. The molecular weight excluding hydrogens is 248 g/mol. The van der Waals surface area contributed by atoms with E-state index in [9.17, 15) is 13.6 Å². The summed E-state index contributed by atoms with van der Waals surface area (Å²) in [5.74, 6) is -1.86. The summed E-state index contributed by atoms with van der Waals surface area (Å²) in [6.45, 7) is 0.620. The quantitative estimate of drug-likeness (QED) is 0.748. The Bertz CT molecular complexity index is 439. The summed E-state index contributed by atoms with van der Waals surface area (Å²) in [4.78, 5) is 13.7. The topological polar surface area (TPSA) is 20.3 Å². The van der Waals surface area contributed by atoms with Crippen LogP contribution >= 0.6 is 11.6 Å². The molecule has 0 aliphatic carbocycles. The van der Waals surface area contributed by atoms with Crippen LogP contribution in [0, 0.1) is 11.6 Å². The second-order valence-corrected chi connectivity index (χ2v) is 4.39. The summed E-state index contributed by atoms with van der Waals surface area (Å²) in [7, 11) is 0. The molecule has 1 aromatic carbocycles. The van der Waals surface area contributed by atoms with Crippen molar-refractivity contribution in [1.82, 2.24) is 4.90 Å². The predicted molar refractivity (Wildman–Crippen MR) is 61.1 cm³/mol. The van der Waals surface area contributed by atoms with Gasteiger partial charge in [-0.1, -0.05) is 0 Å². The normalized spacial score (nSPS) is 19.7. The summed E-state index contributed by atoms with van der Waals surface area (Å²) < 4.78 is 25.8. The molecule has 1 fully saturated rings. The number of rotatable bonds is 2. The first-order valence-corrected chi connectivity index (χ1v) is 5.99. The van der Waals surface area contributed by atoms with Gasteiger partial charge in [-0.2, -0.15) is 0 Å². The van der Waals surface area contributed by atoms with Crippen molar-refractivity contribution in [1.29, 1.82) is 0 Å². The second-order valence-electron chi connectivity index (χ2n) is 4.08. The number of alkyl halides is 1. The van der Waals surface area contributed by atoms with Crippen LogP contribution in [-0.4, -0.2) is 29.3 Å². The first-order chi connectivity index (χ1) is 8.13. The summed E-state index contributed by atoms with van der Waals surface area (Å²) >= 11 is 5.76. The highest BCUT2D eigenvalue weighted by atomic mass is 35.5. The van der Waals surface area contributed by atoms with Crippen LogP contribution in [0.2, 0.25) is 0 Å². The lowest BCUT2D eigenvalue weighted by Gasteiger charge is -2.22. The van der Waals surface area contributed by atoms with Crippen LogP contribution in [0.15, 0.2) is 18.2 Å². The van der Waals surface area contributed by atoms with Crippen LogP contribution in [0.1, 0.15) is 23.2 Å². The lowest BCUT2D eigenvalue weighted by atomic mass is 10.1. The number of carbonyl (C=O) groups is 1. The molecule has 0 spiro atoms. The molecule has 0 saturated carbocycles. The zero-order chi connectivity index (χ0) is 12.4. The van der Waals surface area contributed by atoms with E-state index >= 15 is 0 Å². The molecule has 1 unspecified atom stereocenters. The molecule has 2 rings (SSSR count). The number of hydrogen-bond acceptors (Lipinski definition) is 1. The van der Waals surface area contributed by atoms with Gasteiger partial charge in [0, 0.05) is 24.0 Å².